The highest BCUT2D eigenvalue weighted by atomic mass is 16.3. The van der Waals surface area contributed by atoms with Crippen LogP contribution in [0.4, 0.5) is 0 Å². The van der Waals surface area contributed by atoms with Gasteiger partial charge in [0, 0.05) is 0 Å². The summed E-state index contributed by atoms with van der Waals surface area (Å²) < 4.78 is 0. The van der Waals surface area contributed by atoms with Crippen LogP contribution in [-0.2, 0) is 11.2 Å². The fraction of sp³-hybridized carbons (Fsp3) is 0.136. The third kappa shape index (κ3) is 3.84. The molecule has 0 bridgehead atoms. The van der Waals surface area contributed by atoms with E-state index in [2.05, 4.69) is 121 Å². The van der Waals surface area contributed by atoms with E-state index in [0.717, 1.165) is 44.2 Å². The lowest BCUT2D eigenvalue weighted by molar-refractivity contribution is 0.0753. The van der Waals surface area contributed by atoms with Crippen LogP contribution in [0.3, 0.4) is 0 Å². The summed E-state index contributed by atoms with van der Waals surface area (Å²) in [5.41, 5.74) is 3.34. The number of benzene rings is 9. The van der Waals surface area contributed by atoms with E-state index < -0.39 is 11.2 Å². The van der Waals surface area contributed by atoms with Gasteiger partial charge in [-0.3, -0.25) is 0 Å². The second kappa shape index (κ2) is 9.26. The van der Waals surface area contributed by atoms with Crippen LogP contribution in [-0.4, -0.2) is 10.2 Å². The number of hydrogen-bond acceptors (Lipinski definition) is 2. The lowest BCUT2D eigenvalue weighted by atomic mass is 9.78. The predicted molar refractivity (Wildman–Crippen MR) is 195 cm³/mol. The van der Waals surface area contributed by atoms with Gasteiger partial charge in [0.05, 0.1) is 11.2 Å². The van der Waals surface area contributed by atoms with Crippen molar-refractivity contribution in [2.45, 2.75) is 38.9 Å². The molecule has 0 aliphatic heterocycles. The first-order valence-electron chi connectivity index (χ1n) is 16.1. The summed E-state index contributed by atoms with van der Waals surface area (Å²) in [6.45, 7) is 7.44. The molecule has 0 atom stereocenters. The fourth-order valence-corrected chi connectivity index (χ4v) is 8.00. The maximum absolute atomic E-state index is 11.8. The summed E-state index contributed by atoms with van der Waals surface area (Å²) in [5, 5.41) is 38.2. The topological polar surface area (TPSA) is 40.5 Å². The van der Waals surface area contributed by atoms with Gasteiger partial charge in [-0.25, -0.2) is 0 Å². The SMILES string of the molecule is CC(C)(O)c1cc(-c2ccc3ccc4cccc5ccc2c3c45)c(C(C)(C)O)cc1-c1ccc2ccc3cccc4ccc1c2c34. The molecule has 2 N–H and O–H groups in total. The smallest absolute Gasteiger partial charge is 0.0846 e. The largest absolute Gasteiger partial charge is 0.386 e. The molecule has 9 rings (SSSR count). The molecule has 2 heteroatoms. The first-order chi connectivity index (χ1) is 22.1. The molecule has 9 aromatic carbocycles. The molecule has 0 saturated carbocycles. The van der Waals surface area contributed by atoms with Gasteiger partial charge in [0.1, 0.15) is 0 Å². The van der Waals surface area contributed by atoms with Crippen molar-refractivity contribution < 1.29 is 10.2 Å². The van der Waals surface area contributed by atoms with Gasteiger partial charge in [-0.15, -0.1) is 0 Å². The van der Waals surface area contributed by atoms with Crippen molar-refractivity contribution in [1.82, 2.24) is 0 Å². The fourth-order valence-electron chi connectivity index (χ4n) is 8.00. The van der Waals surface area contributed by atoms with Crippen molar-refractivity contribution >= 4 is 64.6 Å². The van der Waals surface area contributed by atoms with Gasteiger partial charge in [0.15, 0.2) is 0 Å². The van der Waals surface area contributed by atoms with Gasteiger partial charge in [-0.2, -0.15) is 0 Å². The Bertz CT molecular complexity index is 2430. The highest BCUT2D eigenvalue weighted by Gasteiger charge is 2.30. The van der Waals surface area contributed by atoms with E-state index in [0.29, 0.717) is 0 Å². The zero-order chi connectivity index (χ0) is 31.5. The molecule has 0 aliphatic rings. The number of aliphatic hydroxyl groups is 2. The van der Waals surface area contributed by atoms with Gasteiger partial charge in [-0.05, 0) is 138 Å². The second-order valence-corrected chi connectivity index (χ2v) is 14.0. The molecule has 0 spiro atoms. The van der Waals surface area contributed by atoms with E-state index in [4.69, 9.17) is 0 Å². The lowest BCUT2D eigenvalue weighted by Gasteiger charge is -2.30. The Kier molecular flexibility index (Phi) is 5.50. The average molecular weight is 595 g/mol. The molecule has 2 nitrogen and oxygen atoms in total. The van der Waals surface area contributed by atoms with E-state index in [1.54, 1.807) is 0 Å². The van der Waals surface area contributed by atoms with Crippen molar-refractivity contribution in [2.24, 2.45) is 0 Å². The molecule has 0 heterocycles. The van der Waals surface area contributed by atoms with E-state index in [1.165, 1.54) is 53.9 Å². The first-order valence-corrected chi connectivity index (χ1v) is 16.1. The standard InChI is InChI=1S/C44H34O2/c1-43(2,45)37-23-36(32-20-16-30-14-12-26-8-6-10-28-18-22-34(32)42(30)40(26)28)38(44(3,4)46)24-35(37)31-19-15-29-13-11-25-7-5-9-27-17-21-33(31)41(29)39(25)27/h5-24,45-46H,1-4H3. The summed E-state index contributed by atoms with van der Waals surface area (Å²) in [6, 6.07) is 43.5. The molecular formula is C44H34O2. The van der Waals surface area contributed by atoms with Crippen LogP contribution in [0.5, 0.6) is 0 Å². The number of rotatable bonds is 4. The predicted octanol–water partition coefficient (Wildman–Crippen LogP) is 11.3. The monoisotopic (exact) mass is 594 g/mol. The zero-order valence-electron chi connectivity index (χ0n) is 26.4. The molecule has 0 fully saturated rings. The van der Waals surface area contributed by atoms with Crippen LogP contribution in [0.1, 0.15) is 38.8 Å². The van der Waals surface area contributed by atoms with Crippen LogP contribution in [0.25, 0.3) is 86.9 Å². The third-order valence-corrected chi connectivity index (χ3v) is 10.1. The minimum atomic E-state index is -1.14. The Morgan fingerprint density at radius 1 is 0.348 bits per heavy atom. The summed E-state index contributed by atoms with van der Waals surface area (Å²) in [5.74, 6) is 0. The summed E-state index contributed by atoms with van der Waals surface area (Å²) in [6.07, 6.45) is 0. The Hall–Kier alpha value is -5.02. The molecule has 0 unspecified atom stereocenters. The normalized spacial score (nSPS) is 13.0. The Morgan fingerprint density at radius 2 is 0.652 bits per heavy atom. The maximum Gasteiger partial charge on any atom is 0.0846 e. The highest BCUT2D eigenvalue weighted by molar-refractivity contribution is 6.27. The van der Waals surface area contributed by atoms with E-state index >= 15 is 0 Å². The molecule has 0 saturated heterocycles. The van der Waals surface area contributed by atoms with Gasteiger partial charge in [0.2, 0.25) is 0 Å². The van der Waals surface area contributed by atoms with Crippen molar-refractivity contribution in [2.75, 3.05) is 0 Å². The molecule has 0 radical (unpaired) electrons. The second-order valence-electron chi connectivity index (χ2n) is 14.0. The van der Waals surface area contributed by atoms with Crippen LogP contribution in [0, 0.1) is 0 Å². The molecular weight excluding hydrogens is 560 g/mol. The minimum absolute atomic E-state index is 0.830. The van der Waals surface area contributed by atoms with E-state index in [9.17, 15) is 10.2 Å². The Balaban J connectivity index is 1.39. The lowest BCUT2D eigenvalue weighted by Crippen LogP contribution is -2.21. The minimum Gasteiger partial charge on any atom is -0.386 e. The molecule has 0 aliphatic carbocycles. The van der Waals surface area contributed by atoms with Crippen LogP contribution in [0.15, 0.2) is 121 Å². The Labute approximate surface area is 267 Å². The molecule has 0 aromatic heterocycles. The van der Waals surface area contributed by atoms with Crippen molar-refractivity contribution in [3.8, 4) is 22.3 Å². The molecule has 46 heavy (non-hydrogen) atoms. The quantitative estimate of drug-likeness (QED) is 0.199. The van der Waals surface area contributed by atoms with Crippen LogP contribution in [0.2, 0.25) is 0 Å². The van der Waals surface area contributed by atoms with Crippen LogP contribution < -0.4 is 0 Å². The molecule has 9 aromatic rings. The summed E-state index contributed by atoms with van der Waals surface area (Å²) in [7, 11) is 0. The average Bonchev–Trinajstić information content (AvgIpc) is 3.04. The molecule has 222 valence electrons. The van der Waals surface area contributed by atoms with Gasteiger partial charge in [-0.1, -0.05) is 109 Å². The van der Waals surface area contributed by atoms with Crippen molar-refractivity contribution in [3.63, 3.8) is 0 Å². The van der Waals surface area contributed by atoms with E-state index in [-0.39, 0.29) is 0 Å². The first kappa shape index (κ1) is 27.3. The van der Waals surface area contributed by atoms with Gasteiger partial charge < -0.3 is 10.2 Å². The summed E-state index contributed by atoms with van der Waals surface area (Å²) >= 11 is 0. The zero-order valence-corrected chi connectivity index (χ0v) is 26.4. The molecule has 0 amide bonds. The van der Waals surface area contributed by atoms with Crippen molar-refractivity contribution in [1.29, 1.82) is 0 Å². The maximum atomic E-state index is 11.8. The highest BCUT2D eigenvalue weighted by Crippen LogP contribution is 2.47. The van der Waals surface area contributed by atoms with Crippen molar-refractivity contribution in [3.05, 3.63) is 132 Å². The number of hydrogen-bond donors (Lipinski definition) is 2. The Morgan fingerprint density at radius 3 is 1.00 bits per heavy atom. The van der Waals surface area contributed by atoms with Gasteiger partial charge >= 0.3 is 0 Å². The third-order valence-electron chi connectivity index (χ3n) is 10.1. The van der Waals surface area contributed by atoms with Crippen LogP contribution >= 0.6 is 0 Å². The summed E-state index contributed by atoms with van der Waals surface area (Å²) in [4.78, 5) is 0. The van der Waals surface area contributed by atoms with Gasteiger partial charge in [0.25, 0.3) is 0 Å². The van der Waals surface area contributed by atoms with E-state index in [1.807, 2.05) is 27.7 Å².